The molecule has 2 aliphatic heterocycles. The van der Waals surface area contributed by atoms with Crippen molar-refractivity contribution in [3.8, 4) is 0 Å². The van der Waals surface area contributed by atoms with Crippen LogP contribution in [0.1, 0.15) is 45.6 Å². The van der Waals surface area contributed by atoms with Gasteiger partial charge in [-0.15, -0.1) is 0 Å². The van der Waals surface area contributed by atoms with Crippen molar-refractivity contribution in [2.45, 2.75) is 57.6 Å². The molecule has 2 amide bonds. The lowest BCUT2D eigenvalue weighted by Gasteiger charge is -2.49. The van der Waals surface area contributed by atoms with E-state index in [9.17, 15) is 14.4 Å². The Balaban J connectivity index is 1.60. The Morgan fingerprint density at radius 2 is 1.77 bits per heavy atom. The molecule has 7 nitrogen and oxygen atoms in total. The van der Waals surface area contributed by atoms with Gasteiger partial charge in [-0.2, -0.15) is 0 Å². The summed E-state index contributed by atoms with van der Waals surface area (Å²) in [5, 5.41) is 2.76. The molecular formula is C23H33N3O4. The summed E-state index contributed by atoms with van der Waals surface area (Å²) in [6.07, 6.45) is 2.21. The fraction of sp³-hybridized carbons (Fsp3) is 0.609. The lowest BCUT2D eigenvalue weighted by atomic mass is 9.82. The first-order chi connectivity index (χ1) is 14.2. The Hall–Kier alpha value is -2.41. The molecule has 0 bridgehead atoms. The monoisotopic (exact) mass is 415 g/mol. The third-order valence-electron chi connectivity index (χ3n) is 5.84. The molecular weight excluding hydrogens is 382 g/mol. The van der Waals surface area contributed by atoms with Crippen LogP contribution in [0, 0.1) is 0 Å². The maximum absolute atomic E-state index is 12.8. The standard InChI is InChI=1S/C23H33N3O4/c1-22(2,3)30-20(28)10-14-26-19(27)17-24-21(29)23(26)11-15-25(16-12-23)13-9-18-7-5-4-6-8-18/h4-8H,9-17H2,1-3H3,(H,24,29). The molecule has 0 unspecified atom stereocenters. The summed E-state index contributed by atoms with van der Waals surface area (Å²) in [5.41, 5.74) is -0.134. The SMILES string of the molecule is CC(C)(C)OC(=O)CCN1C(=O)CNC(=O)C12CCN(CCc1ccccc1)CC2. The van der Waals surface area contributed by atoms with E-state index in [-0.39, 0.29) is 37.3 Å². The molecule has 1 aromatic rings. The number of hydrogen-bond donors (Lipinski definition) is 1. The van der Waals surface area contributed by atoms with Crippen molar-refractivity contribution < 1.29 is 19.1 Å². The first-order valence-electron chi connectivity index (χ1n) is 10.8. The van der Waals surface area contributed by atoms with Gasteiger partial charge >= 0.3 is 5.97 Å². The number of hydrogen-bond acceptors (Lipinski definition) is 5. The van der Waals surface area contributed by atoms with Gasteiger partial charge in [-0.05, 0) is 45.6 Å². The summed E-state index contributed by atoms with van der Waals surface area (Å²) in [6, 6.07) is 10.3. The zero-order chi connectivity index (χ0) is 21.8. The quantitative estimate of drug-likeness (QED) is 0.716. The molecule has 30 heavy (non-hydrogen) atoms. The van der Waals surface area contributed by atoms with Crippen LogP contribution in [0.3, 0.4) is 0 Å². The van der Waals surface area contributed by atoms with Gasteiger partial charge in [-0.3, -0.25) is 14.4 Å². The largest absolute Gasteiger partial charge is 0.460 e. The van der Waals surface area contributed by atoms with Gasteiger partial charge in [-0.25, -0.2) is 0 Å². The molecule has 0 saturated carbocycles. The Bertz CT molecular complexity index is 764. The molecule has 2 aliphatic rings. The van der Waals surface area contributed by atoms with Crippen molar-refractivity contribution in [2.24, 2.45) is 0 Å². The number of piperidine rings is 1. The fourth-order valence-electron chi connectivity index (χ4n) is 4.29. The number of ether oxygens (including phenoxy) is 1. The number of rotatable bonds is 6. The molecule has 0 radical (unpaired) electrons. The minimum atomic E-state index is -0.861. The Morgan fingerprint density at radius 1 is 1.10 bits per heavy atom. The molecule has 164 valence electrons. The summed E-state index contributed by atoms with van der Waals surface area (Å²) in [7, 11) is 0. The highest BCUT2D eigenvalue weighted by Gasteiger charge is 2.50. The average molecular weight is 416 g/mol. The molecule has 2 saturated heterocycles. The predicted molar refractivity (Wildman–Crippen MR) is 114 cm³/mol. The van der Waals surface area contributed by atoms with Gasteiger partial charge in [0.05, 0.1) is 13.0 Å². The molecule has 0 atom stereocenters. The highest BCUT2D eigenvalue weighted by Crippen LogP contribution is 2.32. The maximum Gasteiger partial charge on any atom is 0.308 e. The van der Waals surface area contributed by atoms with Crippen LogP contribution < -0.4 is 5.32 Å². The third kappa shape index (κ3) is 5.39. The van der Waals surface area contributed by atoms with Crippen LogP contribution in [-0.4, -0.2) is 71.4 Å². The predicted octanol–water partition coefficient (Wildman–Crippen LogP) is 1.75. The van der Waals surface area contributed by atoms with E-state index in [0.29, 0.717) is 12.8 Å². The van der Waals surface area contributed by atoms with Gasteiger partial charge in [0.2, 0.25) is 11.8 Å². The Labute approximate surface area is 178 Å². The van der Waals surface area contributed by atoms with Gasteiger partial charge in [0.25, 0.3) is 0 Å². The van der Waals surface area contributed by atoms with Crippen molar-refractivity contribution in [1.29, 1.82) is 0 Å². The Morgan fingerprint density at radius 3 is 2.40 bits per heavy atom. The summed E-state index contributed by atoms with van der Waals surface area (Å²) in [4.78, 5) is 41.6. The van der Waals surface area contributed by atoms with Crippen LogP contribution >= 0.6 is 0 Å². The van der Waals surface area contributed by atoms with Crippen molar-refractivity contribution in [3.05, 3.63) is 35.9 Å². The number of nitrogens with zero attached hydrogens (tertiary/aromatic N) is 2. The Kier molecular flexibility index (Phi) is 6.81. The van der Waals surface area contributed by atoms with Crippen LogP contribution in [0.15, 0.2) is 30.3 Å². The molecule has 1 spiro atoms. The first-order valence-corrected chi connectivity index (χ1v) is 10.8. The van der Waals surface area contributed by atoms with E-state index in [1.807, 2.05) is 39.0 Å². The summed E-state index contributed by atoms with van der Waals surface area (Å²) < 4.78 is 5.37. The molecule has 0 aliphatic carbocycles. The minimum Gasteiger partial charge on any atom is -0.460 e. The van der Waals surface area contributed by atoms with Gasteiger partial charge < -0.3 is 19.9 Å². The molecule has 1 N–H and O–H groups in total. The van der Waals surface area contributed by atoms with Crippen LogP contribution in [0.5, 0.6) is 0 Å². The number of carbonyl (C=O) groups is 3. The lowest BCUT2D eigenvalue weighted by Crippen LogP contribution is -2.70. The summed E-state index contributed by atoms with van der Waals surface area (Å²) >= 11 is 0. The van der Waals surface area contributed by atoms with Gasteiger partial charge in [-0.1, -0.05) is 30.3 Å². The van der Waals surface area contributed by atoms with Gasteiger partial charge in [0, 0.05) is 26.2 Å². The van der Waals surface area contributed by atoms with E-state index in [1.54, 1.807) is 4.90 Å². The van der Waals surface area contributed by atoms with E-state index in [2.05, 4.69) is 22.3 Å². The van der Waals surface area contributed by atoms with Crippen LogP contribution in [0.25, 0.3) is 0 Å². The smallest absolute Gasteiger partial charge is 0.308 e. The normalized spacial score (nSPS) is 19.6. The van der Waals surface area contributed by atoms with E-state index in [1.165, 1.54) is 5.56 Å². The maximum atomic E-state index is 12.8. The highest BCUT2D eigenvalue weighted by molar-refractivity contribution is 5.98. The van der Waals surface area contributed by atoms with E-state index >= 15 is 0 Å². The second-order valence-electron chi connectivity index (χ2n) is 9.17. The molecule has 0 aromatic heterocycles. The number of amides is 2. The molecule has 2 heterocycles. The zero-order valence-electron chi connectivity index (χ0n) is 18.3. The topological polar surface area (TPSA) is 79.0 Å². The highest BCUT2D eigenvalue weighted by atomic mass is 16.6. The molecule has 1 aromatic carbocycles. The number of esters is 1. The molecule has 2 fully saturated rings. The van der Waals surface area contributed by atoms with Gasteiger partial charge in [0.1, 0.15) is 11.1 Å². The van der Waals surface area contributed by atoms with Crippen LogP contribution in [-0.2, 0) is 25.5 Å². The first kappa shape index (κ1) is 22.3. The number of nitrogens with one attached hydrogen (secondary N) is 1. The second-order valence-corrected chi connectivity index (χ2v) is 9.17. The second kappa shape index (κ2) is 9.16. The zero-order valence-corrected chi connectivity index (χ0v) is 18.3. The minimum absolute atomic E-state index is 0.00732. The lowest BCUT2D eigenvalue weighted by molar-refractivity contribution is -0.162. The van der Waals surface area contributed by atoms with E-state index in [4.69, 9.17) is 4.74 Å². The van der Waals surface area contributed by atoms with E-state index in [0.717, 1.165) is 26.1 Å². The van der Waals surface area contributed by atoms with Crippen LogP contribution in [0.4, 0.5) is 0 Å². The summed E-state index contributed by atoms with van der Waals surface area (Å²) in [6.45, 7) is 8.07. The number of carbonyl (C=O) groups excluding carboxylic acids is 3. The van der Waals surface area contributed by atoms with E-state index < -0.39 is 11.1 Å². The van der Waals surface area contributed by atoms with Crippen molar-refractivity contribution in [2.75, 3.05) is 32.7 Å². The van der Waals surface area contributed by atoms with Gasteiger partial charge in [0.15, 0.2) is 0 Å². The number of likely N-dealkylation sites (tertiary alicyclic amines) is 1. The third-order valence-corrected chi connectivity index (χ3v) is 5.84. The fourth-order valence-corrected chi connectivity index (χ4v) is 4.29. The van der Waals surface area contributed by atoms with Crippen molar-refractivity contribution in [3.63, 3.8) is 0 Å². The van der Waals surface area contributed by atoms with Crippen molar-refractivity contribution in [1.82, 2.24) is 15.1 Å². The molecule has 7 heteroatoms. The average Bonchev–Trinajstić information content (AvgIpc) is 2.70. The van der Waals surface area contributed by atoms with Crippen LogP contribution in [0.2, 0.25) is 0 Å². The number of benzene rings is 1. The summed E-state index contributed by atoms with van der Waals surface area (Å²) in [5.74, 6) is -0.582. The number of piperazine rings is 1. The molecule has 3 rings (SSSR count). The van der Waals surface area contributed by atoms with Crippen molar-refractivity contribution >= 4 is 17.8 Å².